The zero-order valence-corrected chi connectivity index (χ0v) is 12.4. The minimum Gasteiger partial charge on any atom is -0.278 e. The van der Waals surface area contributed by atoms with E-state index in [9.17, 15) is 8.42 Å². The number of hydrogen-bond donors (Lipinski definition) is 1. The molecule has 2 rings (SSSR count). The second-order valence-electron chi connectivity index (χ2n) is 4.00. The number of sulfonamides is 1. The van der Waals surface area contributed by atoms with Gasteiger partial charge < -0.3 is 0 Å². The number of para-hydroxylation sites is 1. The maximum absolute atomic E-state index is 12.3. The van der Waals surface area contributed by atoms with Gasteiger partial charge in [0.15, 0.2) is 0 Å². The van der Waals surface area contributed by atoms with Gasteiger partial charge in [0.25, 0.3) is 10.0 Å². The first kappa shape index (κ1) is 14.2. The highest BCUT2D eigenvalue weighted by molar-refractivity contribution is 7.92. The van der Waals surface area contributed by atoms with Crippen molar-refractivity contribution >= 4 is 38.9 Å². The van der Waals surface area contributed by atoms with E-state index in [4.69, 9.17) is 23.2 Å². The fourth-order valence-corrected chi connectivity index (χ4v) is 3.43. The Labute approximate surface area is 122 Å². The van der Waals surface area contributed by atoms with E-state index in [-0.39, 0.29) is 4.90 Å². The second-order valence-corrected chi connectivity index (χ2v) is 6.49. The lowest BCUT2D eigenvalue weighted by Crippen LogP contribution is -2.14. The van der Waals surface area contributed by atoms with Crippen molar-refractivity contribution in [2.45, 2.75) is 11.8 Å². The summed E-state index contributed by atoms with van der Waals surface area (Å²) in [7, 11) is -3.68. The van der Waals surface area contributed by atoms with Gasteiger partial charge in [-0.2, -0.15) is 0 Å². The molecule has 0 saturated carbocycles. The van der Waals surface area contributed by atoms with Crippen molar-refractivity contribution in [3.63, 3.8) is 0 Å². The van der Waals surface area contributed by atoms with Crippen molar-refractivity contribution in [3.05, 3.63) is 58.1 Å². The number of halogens is 2. The number of hydrogen-bond acceptors (Lipinski definition) is 2. The second kappa shape index (κ2) is 5.41. The molecule has 0 aliphatic carbocycles. The topological polar surface area (TPSA) is 46.2 Å². The van der Waals surface area contributed by atoms with E-state index in [1.165, 1.54) is 12.1 Å². The molecule has 100 valence electrons. The molecule has 0 saturated heterocycles. The number of nitrogens with one attached hydrogen (secondary N) is 1. The van der Waals surface area contributed by atoms with Crippen LogP contribution in [0, 0.1) is 6.92 Å². The monoisotopic (exact) mass is 315 g/mol. The number of anilines is 1. The normalized spacial score (nSPS) is 11.3. The molecular weight excluding hydrogens is 305 g/mol. The van der Waals surface area contributed by atoms with E-state index < -0.39 is 10.0 Å². The lowest BCUT2D eigenvalue weighted by molar-refractivity contribution is 0.600. The van der Waals surface area contributed by atoms with Crippen LogP contribution < -0.4 is 4.72 Å². The fourth-order valence-electron chi connectivity index (χ4n) is 1.66. The lowest BCUT2D eigenvalue weighted by Gasteiger charge is -2.11. The summed E-state index contributed by atoms with van der Waals surface area (Å²) in [5, 5.41) is 0.840. The molecule has 2 aromatic rings. The summed E-state index contributed by atoms with van der Waals surface area (Å²) in [5.41, 5.74) is 0.922. The van der Waals surface area contributed by atoms with Crippen LogP contribution in [0.15, 0.2) is 47.4 Å². The molecule has 0 bridgehead atoms. The molecule has 0 aliphatic heterocycles. The molecule has 0 unspecified atom stereocenters. The predicted molar refractivity (Wildman–Crippen MR) is 78.4 cm³/mol. The Hall–Kier alpha value is -1.23. The van der Waals surface area contributed by atoms with Crippen LogP contribution in [0.4, 0.5) is 5.69 Å². The van der Waals surface area contributed by atoms with Crippen molar-refractivity contribution in [2.75, 3.05) is 4.72 Å². The van der Waals surface area contributed by atoms with Gasteiger partial charge in [-0.05, 0) is 42.8 Å². The van der Waals surface area contributed by atoms with E-state index in [1.807, 2.05) is 0 Å². The SMILES string of the molecule is Cc1cc(Cl)ccc1S(=O)(=O)Nc1ccccc1Cl. The first-order chi connectivity index (χ1) is 8.90. The summed E-state index contributed by atoms with van der Waals surface area (Å²) in [5.74, 6) is 0. The molecular formula is C13H11Cl2NO2S. The van der Waals surface area contributed by atoms with Crippen molar-refractivity contribution in [1.29, 1.82) is 0 Å². The average Bonchev–Trinajstić information content (AvgIpc) is 2.31. The Kier molecular flexibility index (Phi) is 4.04. The fraction of sp³-hybridized carbons (Fsp3) is 0.0769. The van der Waals surface area contributed by atoms with Gasteiger partial charge in [0.05, 0.1) is 15.6 Å². The maximum atomic E-state index is 12.3. The highest BCUT2D eigenvalue weighted by Crippen LogP contribution is 2.26. The molecule has 0 aromatic heterocycles. The molecule has 0 radical (unpaired) electrons. The summed E-state index contributed by atoms with van der Waals surface area (Å²) < 4.78 is 27.0. The van der Waals surface area contributed by atoms with Gasteiger partial charge in [-0.3, -0.25) is 4.72 Å². The highest BCUT2D eigenvalue weighted by Gasteiger charge is 2.18. The quantitative estimate of drug-likeness (QED) is 0.926. The lowest BCUT2D eigenvalue weighted by atomic mass is 10.2. The summed E-state index contributed by atoms with van der Waals surface area (Å²) in [4.78, 5) is 0.178. The van der Waals surface area contributed by atoms with Gasteiger partial charge >= 0.3 is 0 Å². The molecule has 19 heavy (non-hydrogen) atoms. The molecule has 3 nitrogen and oxygen atoms in total. The molecule has 0 aliphatic rings. The number of aryl methyl sites for hydroxylation is 1. The van der Waals surface area contributed by atoms with Crippen LogP contribution in [-0.2, 0) is 10.0 Å². The minimum atomic E-state index is -3.68. The number of rotatable bonds is 3. The Morgan fingerprint density at radius 2 is 1.74 bits per heavy atom. The van der Waals surface area contributed by atoms with Crippen LogP contribution in [0.25, 0.3) is 0 Å². The van der Waals surface area contributed by atoms with Crippen molar-refractivity contribution in [3.8, 4) is 0 Å². The molecule has 6 heteroatoms. The van der Waals surface area contributed by atoms with Gasteiger partial charge in [-0.1, -0.05) is 35.3 Å². The maximum Gasteiger partial charge on any atom is 0.262 e. The third-order valence-corrected chi connectivity index (χ3v) is 4.64. The van der Waals surface area contributed by atoms with Crippen LogP contribution >= 0.6 is 23.2 Å². The molecule has 0 atom stereocenters. The summed E-state index contributed by atoms with van der Waals surface area (Å²) >= 11 is 11.8. The Morgan fingerprint density at radius 3 is 2.37 bits per heavy atom. The van der Waals surface area contributed by atoms with Crippen molar-refractivity contribution in [2.24, 2.45) is 0 Å². The van der Waals surface area contributed by atoms with E-state index in [1.54, 1.807) is 37.3 Å². The number of benzene rings is 2. The zero-order chi connectivity index (χ0) is 14.0. The zero-order valence-electron chi connectivity index (χ0n) is 10.0. The molecule has 2 aromatic carbocycles. The average molecular weight is 316 g/mol. The van der Waals surface area contributed by atoms with E-state index in [0.29, 0.717) is 21.3 Å². The summed E-state index contributed by atoms with van der Waals surface area (Å²) in [6, 6.07) is 11.3. The Balaban J connectivity index is 2.41. The molecule has 0 spiro atoms. The van der Waals surface area contributed by atoms with Crippen LogP contribution in [0.2, 0.25) is 10.0 Å². The first-order valence-electron chi connectivity index (χ1n) is 5.43. The standard InChI is InChI=1S/C13H11Cl2NO2S/c1-9-8-10(14)6-7-13(9)19(17,18)16-12-5-3-2-4-11(12)15/h2-8,16H,1H3. The van der Waals surface area contributed by atoms with Gasteiger partial charge in [-0.25, -0.2) is 8.42 Å². The third-order valence-electron chi connectivity index (χ3n) is 2.54. The van der Waals surface area contributed by atoms with Crippen molar-refractivity contribution < 1.29 is 8.42 Å². The van der Waals surface area contributed by atoms with Crippen LogP contribution in [0.5, 0.6) is 0 Å². The molecule has 0 heterocycles. The van der Waals surface area contributed by atoms with E-state index in [0.717, 1.165) is 0 Å². The van der Waals surface area contributed by atoms with Gasteiger partial charge in [0.2, 0.25) is 0 Å². The highest BCUT2D eigenvalue weighted by atomic mass is 35.5. The molecule has 0 fully saturated rings. The van der Waals surface area contributed by atoms with E-state index >= 15 is 0 Å². The third kappa shape index (κ3) is 3.21. The molecule has 0 amide bonds. The molecule has 1 N–H and O–H groups in total. The van der Waals surface area contributed by atoms with Crippen LogP contribution in [-0.4, -0.2) is 8.42 Å². The van der Waals surface area contributed by atoms with Crippen molar-refractivity contribution in [1.82, 2.24) is 0 Å². The summed E-state index contributed by atoms with van der Waals surface area (Å²) in [6.07, 6.45) is 0. The van der Waals surface area contributed by atoms with Crippen LogP contribution in [0.1, 0.15) is 5.56 Å². The smallest absolute Gasteiger partial charge is 0.262 e. The summed E-state index contributed by atoms with van der Waals surface area (Å²) in [6.45, 7) is 1.69. The van der Waals surface area contributed by atoms with E-state index in [2.05, 4.69) is 4.72 Å². The largest absolute Gasteiger partial charge is 0.278 e. The van der Waals surface area contributed by atoms with Gasteiger partial charge in [0.1, 0.15) is 0 Å². The minimum absolute atomic E-state index is 0.178. The van der Waals surface area contributed by atoms with Gasteiger partial charge in [-0.15, -0.1) is 0 Å². The first-order valence-corrected chi connectivity index (χ1v) is 7.67. The Morgan fingerprint density at radius 1 is 1.05 bits per heavy atom. The van der Waals surface area contributed by atoms with Gasteiger partial charge in [0, 0.05) is 5.02 Å². The predicted octanol–water partition coefficient (Wildman–Crippen LogP) is 4.10. The Bertz CT molecular complexity index is 714. The van der Waals surface area contributed by atoms with Crippen LogP contribution in [0.3, 0.4) is 0 Å².